The molecule has 1 nitrogen and oxygen atoms in total. The molecular formula is C10H15OP. The average Bonchev–Trinajstić information content (AvgIpc) is 2.06. The van der Waals surface area contributed by atoms with Crippen molar-refractivity contribution in [3.05, 3.63) is 29.8 Å². The Labute approximate surface area is 75.6 Å². The zero-order valence-electron chi connectivity index (χ0n) is 7.54. The molecule has 2 heteroatoms. The summed E-state index contributed by atoms with van der Waals surface area (Å²) in [4.78, 5) is 0. The molecular weight excluding hydrogens is 167 g/mol. The van der Waals surface area contributed by atoms with E-state index in [1.807, 2.05) is 12.1 Å². The van der Waals surface area contributed by atoms with E-state index in [0.717, 1.165) is 8.58 Å². The minimum Gasteiger partial charge on any atom is -0.508 e. The van der Waals surface area contributed by atoms with Gasteiger partial charge in [-0.05, 0) is 36.4 Å². The third-order valence-corrected chi connectivity index (χ3v) is 2.99. The molecule has 1 aromatic rings. The lowest BCUT2D eigenvalue weighted by Crippen LogP contribution is -1.94. The van der Waals surface area contributed by atoms with Gasteiger partial charge in [-0.3, -0.25) is 0 Å². The van der Waals surface area contributed by atoms with Gasteiger partial charge in [-0.2, -0.15) is 0 Å². The van der Waals surface area contributed by atoms with Gasteiger partial charge in [-0.15, -0.1) is 8.58 Å². The Morgan fingerprint density at radius 2 is 1.92 bits per heavy atom. The molecule has 1 aromatic carbocycles. The maximum Gasteiger partial charge on any atom is 0.115 e. The summed E-state index contributed by atoms with van der Waals surface area (Å²) in [6, 6.07) is 7.51. The minimum atomic E-state index is 0.352. The second-order valence-electron chi connectivity index (χ2n) is 3.05. The second kappa shape index (κ2) is 4.47. The van der Waals surface area contributed by atoms with Crippen molar-refractivity contribution in [1.29, 1.82) is 0 Å². The van der Waals surface area contributed by atoms with Crippen LogP contribution in [0.5, 0.6) is 5.75 Å². The summed E-state index contributed by atoms with van der Waals surface area (Å²) >= 11 is 0. The van der Waals surface area contributed by atoms with Crippen molar-refractivity contribution in [3.63, 3.8) is 0 Å². The van der Waals surface area contributed by atoms with Crippen molar-refractivity contribution < 1.29 is 5.11 Å². The molecule has 12 heavy (non-hydrogen) atoms. The Kier molecular flexibility index (Phi) is 3.55. The van der Waals surface area contributed by atoms with Gasteiger partial charge in [0.1, 0.15) is 5.75 Å². The van der Waals surface area contributed by atoms with Crippen LogP contribution in [0.4, 0.5) is 0 Å². The van der Waals surface area contributed by atoms with Gasteiger partial charge in [-0.25, -0.2) is 0 Å². The van der Waals surface area contributed by atoms with Gasteiger partial charge in [0, 0.05) is 0 Å². The quantitative estimate of drug-likeness (QED) is 0.712. The zero-order chi connectivity index (χ0) is 8.97. The Hall–Kier alpha value is -0.550. The SMILES string of the molecule is CPCC(C)c1ccc(O)cc1. The monoisotopic (exact) mass is 182 g/mol. The van der Waals surface area contributed by atoms with Gasteiger partial charge >= 0.3 is 0 Å². The second-order valence-corrected chi connectivity index (χ2v) is 4.17. The Morgan fingerprint density at radius 1 is 1.33 bits per heavy atom. The maximum atomic E-state index is 9.07. The molecule has 0 radical (unpaired) electrons. The van der Waals surface area contributed by atoms with Gasteiger partial charge in [0.15, 0.2) is 0 Å². The fraction of sp³-hybridized carbons (Fsp3) is 0.400. The molecule has 0 saturated heterocycles. The summed E-state index contributed by atoms with van der Waals surface area (Å²) < 4.78 is 0. The first kappa shape index (κ1) is 9.54. The van der Waals surface area contributed by atoms with E-state index in [9.17, 15) is 0 Å². The van der Waals surface area contributed by atoms with E-state index >= 15 is 0 Å². The minimum absolute atomic E-state index is 0.352. The van der Waals surface area contributed by atoms with Crippen molar-refractivity contribution in [2.24, 2.45) is 0 Å². The van der Waals surface area contributed by atoms with Crippen molar-refractivity contribution in [3.8, 4) is 5.75 Å². The number of phenolic OH excluding ortho intramolecular Hbond substituents is 1. The maximum absolute atomic E-state index is 9.07. The number of rotatable bonds is 3. The summed E-state index contributed by atoms with van der Waals surface area (Å²) in [5.41, 5.74) is 1.32. The lowest BCUT2D eigenvalue weighted by molar-refractivity contribution is 0.475. The van der Waals surface area contributed by atoms with Crippen molar-refractivity contribution in [2.45, 2.75) is 12.8 Å². The number of phenols is 1. The molecule has 2 unspecified atom stereocenters. The van der Waals surface area contributed by atoms with E-state index in [-0.39, 0.29) is 0 Å². The third kappa shape index (κ3) is 2.49. The normalized spacial score (nSPS) is 13.8. The lowest BCUT2D eigenvalue weighted by atomic mass is 10.0. The first-order valence-electron chi connectivity index (χ1n) is 4.17. The predicted octanol–water partition coefficient (Wildman–Crippen LogP) is 2.80. The van der Waals surface area contributed by atoms with Crippen LogP contribution in [-0.4, -0.2) is 17.9 Å². The van der Waals surface area contributed by atoms with E-state index in [2.05, 4.69) is 13.6 Å². The standard InChI is InChI=1S/C10H15OP/c1-8(7-12-2)9-3-5-10(11)6-4-9/h3-6,8,11-12H,7H2,1-2H3. The highest BCUT2D eigenvalue weighted by Crippen LogP contribution is 2.23. The lowest BCUT2D eigenvalue weighted by Gasteiger charge is -2.09. The molecule has 0 aliphatic rings. The summed E-state index contributed by atoms with van der Waals surface area (Å²) in [7, 11) is 0.998. The van der Waals surface area contributed by atoms with Gasteiger partial charge in [0.25, 0.3) is 0 Å². The molecule has 0 heterocycles. The van der Waals surface area contributed by atoms with Gasteiger partial charge in [0.2, 0.25) is 0 Å². The van der Waals surface area contributed by atoms with E-state index in [4.69, 9.17) is 5.11 Å². The van der Waals surface area contributed by atoms with Crippen LogP contribution in [-0.2, 0) is 0 Å². The smallest absolute Gasteiger partial charge is 0.115 e. The highest BCUT2D eigenvalue weighted by molar-refractivity contribution is 7.37. The van der Waals surface area contributed by atoms with Crippen LogP contribution < -0.4 is 0 Å². The molecule has 0 spiro atoms. The van der Waals surface area contributed by atoms with Crippen LogP contribution in [0.3, 0.4) is 0 Å². The Morgan fingerprint density at radius 3 is 2.42 bits per heavy atom. The molecule has 1 rings (SSSR count). The van der Waals surface area contributed by atoms with Crippen LogP contribution in [0, 0.1) is 0 Å². The molecule has 0 aliphatic carbocycles. The van der Waals surface area contributed by atoms with Gasteiger partial charge < -0.3 is 5.11 Å². The number of hydrogen-bond acceptors (Lipinski definition) is 1. The van der Waals surface area contributed by atoms with Crippen LogP contribution in [0.2, 0.25) is 0 Å². The molecule has 2 atom stereocenters. The van der Waals surface area contributed by atoms with E-state index in [0.29, 0.717) is 11.7 Å². The fourth-order valence-corrected chi connectivity index (χ4v) is 2.07. The van der Waals surface area contributed by atoms with Crippen LogP contribution in [0.15, 0.2) is 24.3 Å². The molecule has 0 aliphatic heterocycles. The van der Waals surface area contributed by atoms with Crippen LogP contribution >= 0.6 is 8.58 Å². The molecule has 1 N–H and O–H groups in total. The van der Waals surface area contributed by atoms with Gasteiger partial charge in [-0.1, -0.05) is 19.1 Å². The average molecular weight is 182 g/mol. The van der Waals surface area contributed by atoms with Crippen molar-refractivity contribution >= 4 is 8.58 Å². The zero-order valence-corrected chi connectivity index (χ0v) is 8.54. The highest BCUT2D eigenvalue weighted by atomic mass is 31.1. The molecule has 66 valence electrons. The van der Waals surface area contributed by atoms with E-state index < -0.39 is 0 Å². The molecule has 0 amide bonds. The summed E-state index contributed by atoms with van der Waals surface area (Å²) in [5, 5.41) is 9.07. The first-order valence-corrected chi connectivity index (χ1v) is 5.88. The molecule has 0 aromatic heterocycles. The largest absolute Gasteiger partial charge is 0.508 e. The van der Waals surface area contributed by atoms with Crippen LogP contribution in [0.25, 0.3) is 0 Å². The van der Waals surface area contributed by atoms with Crippen molar-refractivity contribution in [2.75, 3.05) is 12.8 Å². The first-order chi connectivity index (χ1) is 5.74. The number of benzene rings is 1. The van der Waals surface area contributed by atoms with Crippen LogP contribution in [0.1, 0.15) is 18.4 Å². The molecule has 0 saturated carbocycles. The topological polar surface area (TPSA) is 20.2 Å². The summed E-state index contributed by atoms with van der Waals surface area (Å²) in [6.07, 6.45) is 1.24. The third-order valence-electron chi connectivity index (χ3n) is 1.97. The Bertz CT molecular complexity index is 230. The number of aromatic hydroxyl groups is 1. The summed E-state index contributed by atoms with van der Waals surface area (Å²) in [5.74, 6) is 0.971. The van der Waals surface area contributed by atoms with Crippen molar-refractivity contribution in [1.82, 2.24) is 0 Å². The predicted molar refractivity (Wildman–Crippen MR) is 55.6 cm³/mol. The van der Waals surface area contributed by atoms with E-state index in [1.165, 1.54) is 11.7 Å². The highest BCUT2D eigenvalue weighted by Gasteiger charge is 2.02. The number of hydrogen-bond donors (Lipinski definition) is 1. The fourth-order valence-electron chi connectivity index (χ4n) is 1.23. The Balaban J connectivity index is 2.68. The van der Waals surface area contributed by atoms with Gasteiger partial charge in [0.05, 0.1) is 0 Å². The molecule has 0 fully saturated rings. The molecule has 0 bridgehead atoms. The summed E-state index contributed by atoms with van der Waals surface area (Å²) in [6.45, 7) is 4.44. The van der Waals surface area contributed by atoms with E-state index in [1.54, 1.807) is 12.1 Å².